The van der Waals surface area contributed by atoms with Crippen LogP contribution in [-0.2, 0) is 15.7 Å². The number of aromatic nitrogens is 2. The molecular weight excluding hydrogens is 457 g/mol. The fourth-order valence-corrected chi connectivity index (χ4v) is 3.88. The van der Waals surface area contributed by atoms with Crippen LogP contribution in [0.2, 0.25) is 0 Å². The first-order chi connectivity index (χ1) is 16.8. The highest BCUT2D eigenvalue weighted by molar-refractivity contribution is 5.79. The normalized spacial score (nSPS) is 13.4. The van der Waals surface area contributed by atoms with Crippen LogP contribution in [0.1, 0.15) is 35.2 Å². The number of amides is 1. The van der Waals surface area contributed by atoms with Gasteiger partial charge in [0.1, 0.15) is 0 Å². The Morgan fingerprint density at radius 1 is 0.971 bits per heavy atom. The molecule has 2 unspecified atom stereocenters. The van der Waals surface area contributed by atoms with Crippen molar-refractivity contribution in [2.24, 2.45) is 0 Å². The molecule has 0 aliphatic carbocycles. The number of alkyl halides is 3. The molecule has 1 heterocycles. The molecule has 1 amide bonds. The van der Waals surface area contributed by atoms with Crippen molar-refractivity contribution in [1.82, 2.24) is 15.3 Å². The average Bonchev–Trinajstić information content (AvgIpc) is 3.26. The predicted octanol–water partition coefficient (Wildman–Crippen LogP) is 5.63. The Morgan fingerprint density at radius 3 is 2.40 bits per heavy atom. The molecule has 0 fully saturated rings. The van der Waals surface area contributed by atoms with Crippen LogP contribution in [-0.4, -0.2) is 29.6 Å². The molecule has 0 saturated heterocycles. The third kappa shape index (κ3) is 6.19. The van der Waals surface area contributed by atoms with Gasteiger partial charge in [0.15, 0.2) is 0 Å². The minimum absolute atomic E-state index is 0.120. The molecule has 9 heteroatoms. The van der Waals surface area contributed by atoms with Gasteiger partial charge in [-0.3, -0.25) is 4.79 Å². The summed E-state index contributed by atoms with van der Waals surface area (Å²) in [6, 6.07) is 20.5. The smallest absolute Gasteiger partial charge is 0.382 e. The topological polar surface area (TPSA) is 79.0 Å². The van der Waals surface area contributed by atoms with Gasteiger partial charge < -0.3 is 20.4 Å². The van der Waals surface area contributed by atoms with Gasteiger partial charge in [-0.1, -0.05) is 54.6 Å². The third-order valence-corrected chi connectivity index (χ3v) is 5.58. The minimum Gasteiger partial charge on any atom is -0.382 e. The number of methoxy groups -OCH3 is 1. The van der Waals surface area contributed by atoms with E-state index in [1.165, 1.54) is 13.2 Å². The van der Waals surface area contributed by atoms with E-state index in [-0.39, 0.29) is 18.9 Å². The first-order valence-corrected chi connectivity index (χ1v) is 11.0. The van der Waals surface area contributed by atoms with Crippen LogP contribution in [0.15, 0.2) is 78.9 Å². The summed E-state index contributed by atoms with van der Waals surface area (Å²) in [5, 5.41) is 6.05. The highest BCUT2D eigenvalue weighted by Crippen LogP contribution is 2.32. The second-order valence-electron chi connectivity index (χ2n) is 8.11. The lowest BCUT2D eigenvalue weighted by molar-refractivity contribution is -0.137. The van der Waals surface area contributed by atoms with Gasteiger partial charge in [-0.25, -0.2) is 4.98 Å². The molecule has 0 aliphatic rings. The largest absolute Gasteiger partial charge is 0.416 e. The summed E-state index contributed by atoms with van der Waals surface area (Å²) < 4.78 is 45.4. The van der Waals surface area contributed by atoms with Crippen molar-refractivity contribution in [3.05, 3.63) is 95.6 Å². The lowest BCUT2D eigenvalue weighted by atomic mass is 10.00. The zero-order chi connectivity index (χ0) is 24.8. The summed E-state index contributed by atoms with van der Waals surface area (Å²) in [4.78, 5) is 20.6. The van der Waals surface area contributed by atoms with Gasteiger partial charge >= 0.3 is 6.18 Å². The monoisotopic (exact) mass is 482 g/mol. The number of hydrogen-bond acceptors (Lipinski definition) is 4. The molecule has 0 bridgehead atoms. The fraction of sp³-hybridized carbons (Fsp3) is 0.231. The van der Waals surface area contributed by atoms with Crippen molar-refractivity contribution in [3.63, 3.8) is 0 Å². The van der Waals surface area contributed by atoms with E-state index in [1.54, 1.807) is 6.07 Å². The van der Waals surface area contributed by atoms with Crippen LogP contribution in [0.25, 0.3) is 11.0 Å². The molecule has 2 atom stereocenters. The molecule has 182 valence electrons. The van der Waals surface area contributed by atoms with Crippen LogP contribution in [0.3, 0.4) is 0 Å². The van der Waals surface area contributed by atoms with E-state index < -0.39 is 23.8 Å². The van der Waals surface area contributed by atoms with Crippen molar-refractivity contribution >= 4 is 22.9 Å². The number of anilines is 1. The first-order valence-electron chi connectivity index (χ1n) is 11.0. The number of carbonyl (C=O) groups is 1. The number of para-hydroxylation sites is 2. The zero-order valence-electron chi connectivity index (χ0n) is 19.0. The highest BCUT2D eigenvalue weighted by Gasteiger charge is 2.31. The molecule has 0 aliphatic heterocycles. The number of fused-ring (bicyclic) bond motifs is 1. The Hall–Kier alpha value is -3.85. The van der Waals surface area contributed by atoms with Crippen molar-refractivity contribution in [3.8, 4) is 0 Å². The van der Waals surface area contributed by atoms with Crippen molar-refractivity contribution in [2.75, 3.05) is 19.0 Å². The van der Waals surface area contributed by atoms with Crippen molar-refractivity contribution < 1.29 is 22.7 Å². The number of halogens is 3. The van der Waals surface area contributed by atoms with E-state index in [1.807, 2.05) is 54.6 Å². The predicted molar refractivity (Wildman–Crippen MR) is 128 cm³/mol. The van der Waals surface area contributed by atoms with Gasteiger partial charge in [0.05, 0.1) is 41.7 Å². The van der Waals surface area contributed by atoms with Gasteiger partial charge in [-0.05, 0) is 35.4 Å². The number of imidazole rings is 1. The number of nitrogens with zero attached hydrogens (tertiary/aromatic N) is 1. The molecule has 3 aromatic carbocycles. The zero-order valence-corrected chi connectivity index (χ0v) is 19.0. The molecule has 0 radical (unpaired) electrons. The molecule has 35 heavy (non-hydrogen) atoms. The molecule has 0 saturated carbocycles. The molecule has 4 rings (SSSR count). The fourth-order valence-electron chi connectivity index (χ4n) is 3.88. The Balaban J connectivity index is 1.60. The van der Waals surface area contributed by atoms with Crippen molar-refractivity contribution in [1.29, 1.82) is 0 Å². The molecular formula is C26H25F3N4O2. The Bertz CT molecular complexity index is 1240. The van der Waals surface area contributed by atoms with Crippen LogP contribution in [0.4, 0.5) is 19.1 Å². The lowest BCUT2D eigenvalue weighted by Gasteiger charge is -2.23. The second-order valence-corrected chi connectivity index (χ2v) is 8.11. The Morgan fingerprint density at radius 2 is 1.69 bits per heavy atom. The number of nitrogens with one attached hydrogen (secondary N) is 3. The Labute approximate surface area is 200 Å². The summed E-state index contributed by atoms with van der Waals surface area (Å²) in [7, 11) is 1.54. The van der Waals surface area contributed by atoms with Gasteiger partial charge in [0.2, 0.25) is 11.9 Å². The van der Waals surface area contributed by atoms with E-state index in [0.29, 0.717) is 17.0 Å². The molecule has 0 spiro atoms. The maximum atomic E-state index is 13.4. The summed E-state index contributed by atoms with van der Waals surface area (Å²) in [6.07, 6.45) is -4.62. The first kappa shape index (κ1) is 24.3. The SMILES string of the molecule is COCC(NC(=O)CC(Nc1nc2ccccc2[nH]1)c1cccc(C(F)(F)F)c1)c1ccccc1. The number of carbonyl (C=O) groups excluding carboxylic acids is 1. The number of H-pyrrole nitrogens is 1. The molecule has 3 N–H and O–H groups in total. The van der Waals surface area contributed by atoms with Crippen LogP contribution < -0.4 is 10.6 Å². The van der Waals surface area contributed by atoms with Crippen LogP contribution in [0, 0.1) is 0 Å². The molecule has 1 aromatic heterocycles. The number of ether oxygens (including phenoxy) is 1. The van der Waals surface area contributed by atoms with Crippen LogP contribution >= 0.6 is 0 Å². The third-order valence-electron chi connectivity index (χ3n) is 5.58. The quantitative estimate of drug-likeness (QED) is 0.289. The van der Waals surface area contributed by atoms with E-state index in [0.717, 1.165) is 23.2 Å². The summed E-state index contributed by atoms with van der Waals surface area (Å²) in [5.41, 5.74) is 1.87. The van der Waals surface area contributed by atoms with Crippen LogP contribution in [0.5, 0.6) is 0 Å². The molecule has 6 nitrogen and oxygen atoms in total. The minimum atomic E-state index is -4.50. The van der Waals surface area contributed by atoms with Gasteiger partial charge in [-0.2, -0.15) is 13.2 Å². The maximum Gasteiger partial charge on any atom is 0.416 e. The highest BCUT2D eigenvalue weighted by atomic mass is 19.4. The van der Waals surface area contributed by atoms with E-state index in [2.05, 4.69) is 20.6 Å². The number of benzene rings is 3. The van der Waals surface area contributed by atoms with Gasteiger partial charge in [0, 0.05) is 7.11 Å². The molecule has 4 aromatic rings. The van der Waals surface area contributed by atoms with Gasteiger partial charge in [0.25, 0.3) is 0 Å². The number of aromatic amines is 1. The second kappa shape index (κ2) is 10.6. The van der Waals surface area contributed by atoms with Crippen molar-refractivity contribution in [2.45, 2.75) is 24.7 Å². The van der Waals surface area contributed by atoms with E-state index in [4.69, 9.17) is 4.74 Å². The number of hydrogen-bond donors (Lipinski definition) is 3. The lowest BCUT2D eigenvalue weighted by Crippen LogP contribution is -2.33. The van der Waals surface area contributed by atoms with Gasteiger partial charge in [-0.15, -0.1) is 0 Å². The number of rotatable bonds is 9. The summed E-state index contributed by atoms with van der Waals surface area (Å²) in [6.45, 7) is 0.251. The summed E-state index contributed by atoms with van der Waals surface area (Å²) >= 11 is 0. The standard InChI is InChI=1S/C26H25F3N4O2/c1-35-16-23(17-8-3-2-4-9-17)30-24(34)15-22(18-10-7-11-19(14-18)26(27,28)29)33-25-31-20-12-5-6-13-21(20)32-25/h2-14,22-23H,15-16H2,1H3,(H,30,34)(H2,31,32,33). The average molecular weight is 483 g/mol. The summed E-state index contributed by atoms with van der Waals surface area (Å²) in [5.74, 6) is 0.0137. The van der Waals surface area contributed by atoms with E-state index >= 15 is 0 Å². The maximum absolute atomic E-state index is 13.4. The van der Waals surface area contributed by atoms with E-state index in [9.17, 15) is 18.0 Å². The Kier molecular flexibility index (Phi) is 7.36.